The highest BCUT2D eigenvalue weighted by Gasteiger charge is 2.17. The van der Waals surface area contributed by atoms with E-state index >= 15 is 0 Å². The van der Waals surface area contributed by atoms with Crippen LogP contribution in [-0.2, 0) is 0 Å². The monoisotopic (exact) mass is 319 g/mol. The average Bonchev–Trinajstić information content (AvgIpc) is 2.55. The molecule has 0 aliphatic rings. The third-order valence-electron chi connectivity index (χ3n) is 3.60. The zero-order valence-corrected chi connectivity index (χ0v) is 13.7. The second-order valence-electron chi connectivity index (χ2n) is 4.86. The molecule has 0 aromatic heterocycles. The van der Waals surface area contributed by atoms with Gasteiger partial charge in [0.05, 0.1) is 19.9 Å². The number of methoxy groups -OCH3 is 2. The van der Waals surface area contributed by atoms with E-state index in [-0.39, 0.29) is 0 Å². The number of rotatable bonds is 4. The van der Waals surface area contributed by atoms with Gasteiger partial charge < -0.3 is 14.7 Å². The summed E-state index contributed by atoms with van der Waals surface area (Å²) >= 11 is 6.23. The first-order valence-electron chi connectivity index (χ1n) is 6.74. The molecule has 0 radical (unpaired) electrons. The van der Waals surface area contributed by atoms with Crippen molar-refractivity contribution >= 4 is 17.3 Å². The summed E-state index contributed by atoms with van der Waals surface area (Å²) in [5.74, 6) is 1.18. The Hall–Kier alpha value is -2.20. The maximum absolute atomic E-state index is 9.03. The van der Waals surface area contributed by atoms with Gasteiger partial charge in [0, 0.05) is 16.1 Å². The molecule has 22 heavy (non-hydrogen) atoms. The van der Waals surface area contributed by atoms with Crippen LogP contribution in [0.3, 0.4) is 0 Å². The van der Waals surface area contributed by atoms with Gasteiger partial charge in [-0.05, 0) is 43.2 Å². The van der Waals surface area contributed by atoms with E-state index in [1.807, 2.05) is 31.2 Å². The van der Waals surface area contributed by atoms with Crippen LogP contribution in [0.25, 0.3) is 11.1 Å². The molecule has 116 valence electrons. The van der Waals surface area contributed by atoms with Crippen molar-refractivity contribution in [3.05, 3.63) is 46.5 Å². The van der Waals surface area contributed by atoms with Crippen molar-refractivity contribution in [3.8, 4) is 22.6 Å². The molecular weight excluding hydrogens is 302 g/mol. The van der Waals surface area contributed by atoms with E-state index in [0.717, 1.165) is 22.3 Å². The minimum Gasteiger partial charge on any atom is -0.493 e. The molecule has 0 amide bonds. The van der Waals surface area contributed by atoms with Crippen LogP contribution in [0.15, 0.2) is 35.5 Å². The Balaban J connectivity index is 2.80. The molecule has 5 heteroatoms. The van der Waals surface area contributed by atoms with Gasteiger partial charge >= 0.3 is 0 Å². The van der Waals surface area contributed by atoms with E-state index in [1.54, 1.807) is 27.2 Å². The summed E-state index contributed by atoms with van der Waals surface area (Å²) in [4.78, 5) is 0. The van der Waals surface area contributed by atoms with Gasteiger partial charge in [0.15, 0.2) is 11.5 Å². The first-order chi connectivity index (χ1) is 10.5. The summed E-state index contributed by atoms with van der Waals surface area (Å²) in [7, 11) is 3.16. The highest BCUT2D eigenvalue weighted by molar-refractivity contribution is 6.31. The van der Waals surface area contributed by atoms with Crippen LogP contribution < -0.4 is 9.47 Å². The number of hydrogen-bond donors (Lipinski definition) is 1. The maximum Gasteiger partial charge on any atom is 0.168 e. The summed E-state index contributed by atoms with van der Waals surface area (Å²) < 4.78 is 10.9. The second kappa shape index (κ2) is 6.71. The van der Waals surface area contributed by atoms with E-state index in [9.17, 15) is 0 Å². The minimum atomic E-state index is 0.488. The second-order valence-corrected chi connectivity index (χ2v) is 5.26. The van der Waals surface area contributed by atoms with Crippen molar-refractivity contribution < 1.29 is 14.7 Å². The van der Waals surface area contributed by atoms with Gasteiger partial charge in [-0.25, -0.2) is 0 Å². The largest absolute Gasteiger partial charge is 0.493 e. The fourth-order valence-corrected chi connectivity index (χ4v) is 2.50. The molecule has 0 saturated carbocycles. The number of benzene rings is 2. The maximum atomic E-state index is 9.03. The van der Waals surface area contributed by atoms with Crippen LogP contribution in [0.4, 0.5) is 0 Å². The zero-order chi connectivity index (χ0) is 16.3. The quantitative estimate of drug-likeness (QED) is 0.511. The molecule has 0 fully saturated rings. The van der Waals surface area contributed by atoms with Crippen LogP contribution >= 0.6 is 11.6 Å². The Morgan fingerprint density at radius 2 is 1.86 bits per heavy atom. The third kappa shape index (κ3) is 2.88. The van der Waals surface area contributed by atoms with Gasteiger partial charge in [0.2, 0.25) is 0 Å². The highest BCUT2D eigenvalue weighted by Crippen LogP contribution is 2.41. The number of nitrogens with zero attached hydrogens (tertiary/aromatic N) is 1. The van der Waals surface area contributed by atoms with E-state index in [1.165, 1.54) is 0 Å². The van der Waals surface area contributed by atoms with E-state index in [4.69, 9.17) is 26.3 Å². The van der Waals surface area contributed by atoms with Gasteiger partial charge in [-0.3, -0.25) is 0 Å². The van der Waals surface area contributed by atoms with Crippen LogP contribution in [0.5, 0.6) is 11.5 Å². The van der Waals surface area contributed by atoms with Crippen molar-refractivity contribution in [2.75, 3.05) is 14.2 Å². The molecule has 2 aromatic carbocycles. The summed E-state index contributed by atoms with van der Waals surface area (Å²) in [5.41, 5.74) is 3.95. The number of hydrogen-bond acceptors (Lipinski definition) is 4. The molecule has 0 atom stereocenters. The predicted octanol–water partition coefficient (Wildman–Crippen LogP) is 4.53. The topological polar surface area (TPSA) is 51.0 Å². The Morgan fingerprint density at radius 1 is 1.14 bits per heavy atom. The molecule has 0 unspecified atom stereocenters. The van der Waals surface area contributed by atoms with Crippen molar-refractivity contribution in [3.63, 3.8) is 0 Å². The number of oxime groups is 1. The minimum absolute atomic E-state index is 0.488. The van der Waals surface area contributed by atoms with E-state index in [0.29, 0.717) is 22.2 Å². The normalized spacial score (nSPS) is 11.4. The third-order valence-corrected chi connectivity index (χ3v) is 4.01. The standard InChI is InChI=1S/C17H18ClNO3/c1-10-13(6-5-7-15(10)18)14-8-12(11(2)19-20)9-16(21-3)17(14)22-4/h5-9,20H,1-4H3/b19-11+. The Morgan fingerprint density at radius 3 is 2.45 bits per heavy atom. The summed E-state index contributed by atoms with van der Waals surface area (Å²) in [6, 6.07) is 9.37. The Bertz CT molecular complexity index is 726. The molecule has 1 N–H and O–H groups in total. The van der Waals surface area contributed by atoms with Crippen molar-refractivity contribution in [1.82, 2.24) is 0 Å². The molecule has 0 spiro atoms. The Kier molecular flexibility index (Phi) is 4.93. The smallest absolute Gasteiger partial charge is 0.168 e. The van der Waals surface area contributed by atoms with Crippen molar-refractivity contribution in [2.45, 2.75) is 13.8 Å². The first kappa shape index (κ1) is 16.2. The van der Waals surface area contributed by atoms with E-state index in [2.05, 4.69) is 5.16 Å². The summed E-state index contributed by atoms with van der Waals surface area (Å²) in [6.07, 6.45) is 0. The predicted molar refractivity (Wildman–Crippen MR) is 88.7 cm³/mol. The van der Waals surface area contributed by atoms with Crippen molar-refractivity contribution in [1.29, 1.82) is 0 Å². The average molecular weight is 320 g/mol. The Labute approximate surface area is 134 Å². The lowest BCUT2D eigenvalue weighted by atomic mass is 9.96. The van der Waals surface area contributed by atoms with Gasteiger partial charge in [0.1, 0.15) is 0 Å². The summed E-state index contributed by atoms with van der Waals surface area (Å²) in [6.45, 7) is 3.67. The molecular formula is C17H18ClNO3. The summed E-state index contributed by atoms with van der Waals surface area (Å²) in [5, 5.41) is 13.0. The highest BCUT2D eigenvalue weighted by atomic mass is 35.5. The molecule has 0 heterocycles. The lowest BCUT2D eigenvalue weighted by Crippen LogP contribution is -2.01. The van der Waals surface area contributed by atoms with Gasteiger partial charge in [-0.2, -0.15) is 0 Å². The van der Waals surface area contributed by atoms with Crippen LogP contribution in [0.2, 0.25) is 5.02 Å². The number of halogens is 1. The van der Waals surface area contributed by atoms with E-state index < -0.39 is 0 Å². The van der Waals surface area contributed by atoms with Gasteiger partial charge in [0.25, 0.3) is 0 Å². The molecule has 0 bridgehead atoms. The van der Waals surface area contributed by atoms with Gasteiger partial charge in [-0.1, -0.05) is 28.9 Å². The molecule has 0 aliphatic heterocycles. The van der Waals surface area contributed by atoms with Crippen LogP contribution in [0.1, 0.15) is 18.1 Å². The molecule has 0 saturated heterocycles. The fourth-order valence-electron chi connectivity index (χ4n) is 2.33. The lowest BCUT2D eigenvalue weighted by molar-refractivity contribution is 0.319. The molecule has 2 aromatic rings. The van der Waals surface area contributed by atoms with Gasteiger partial charge in [-0.15, -0.1) is 0 Å². The molecule has 4 nitrogen and oxygen atoms in total. The van der Waals surface area contributed by atoms with Crippen LogP contribution in [0, 0.1) is 6.92 Å². The lowest BCUT2D eigenvalue weighted by Gasteiger charge is -2.17. The fraction of sp³-hybridized carbons (Fsp3) is 0.235. The zero-order valence-electron chi connectivity index (χ0n) is 13.0. The van der Waals surface area contributed by atoms with Crippen molar-refractivity contribution in [2.24, 2.45) is 5.16 Å². The van der Waals surface area contributed by atoms with Crippen LogP contribution in [-0.4, -0.2) is 25.1 Å². The number of ether oxygens (including phenoxy) is 2. The molecule has 2 rings (SSSR count). The first-order valence-corrected chi connectivity index (χ1v) is 7.11. The molecule has 0 aliphatic carbocycles. The SMILES string of the molecule is COc1cc(/C(C)=N/O)cc(-c2cccc(Cl)c2C)c1OC.